The molecule has 0 aromatic heterocycles. The number of hydrogen-bond acceptors (Lipinski definition) is 3. The molecular formula is C17H21ClN2O2. The van der Waals surface area contributed by atoms with Crippen molar-refractivity contribution in [2.45, 2.75) is 18.9 Å². The second-order valence-electron chi connectivity index (χ2n) is 4.94. The first-order valence-electron chi connectivity index (χ1n) is 7.04. The molecule has 4 nitrogen and oxygen atoms in total. The van der Waals surface area contributed by atoms with Crippen LogP contribution >= 0.6 is 12.4 Å². The molecule has 1 fully saturated rings. The zero-order chi connectivity index (χ0) is 15.1. The second kappa shape index (κ2) is 9.07. The Morgan fingerprint density at radius 1 is 1.09 bits per heavy atom. The van der Waals surface area contributed by atoms with Gasteiger partial charge in [-0.15, -0.1) is 12.4 Å². The third-order valence-corrected chi connectivity index (χ3v) is 3.40. The lowest BCUT2D eigenvalue weighted by molar-refractivity contribution is -0.139. The van der Waals surface area contributed by atoms with Crippen LogP contribution in [0.1, 0.15) is 12.8 Å². The molecule has 5 heteroatoms. The lowest BCUT2D eigenvalue weighted by Crippen LogP contribution is -2.29. The normalized spacial score (nSPS) is 16.1. The van der Waals surface area contributed by atoms with E-state index in [1.165, 1.54) is 5.56 Å². The van der Waals surface area contributed by atoms with E-state index in [2.05, 4.69) is 17.4 Å². The van der Waals surface area contributed by atoms with Gasteiger partial charge in [0.2, 0.25) is 0 Å². The summed E-state index contributed by atoms with van der Waals surface area (Å²) in [5, 5.41) is 11.2. The molecule has 1 saturated heterocycles. The van der Waals surface area contributed by atoms with Gasteiger partial charge in [0.05, 0.1) is 0 Å². The van der Waals surface area contributed by atoms with Gasteiger partial charge in [-0.3, -0.25) is 4.79 Å². The number of aliphatic carboxylic acids is 1. The summed E-state index contributed by atoms with van der Waals surface area (Å²) in [6, 6.07) is 17.8. The van der Waals surface area contributed by atoms with Crippen LogP contribution in [0, 0.1) is 0 Å². The fourth-order valence-electron chi connectivity index (χ4n) is 2.27. The SMILES string of the molecule is Cl.Nc1ccccc1-c1ccccc1.O=C(O)C1CCCN1. The minimum atomic E-state index is -0.720. The van der Waals surface area contributed by atoms with Gasteiger partial charge in [-0.05, 0) is 31.0 Å². The van der Waals surface area contributed by atoms with Gasteiger partial charge in [0.25, 0.3) is 0 Å². The van der Waals surface area contributed by atoms with Crippen molar-refractivity contribution >= 4 is 24.1 Å². The van der Waals surface area contributed by atoms with Crippen molar-refractivity contribution in [1.29, 1.82) is 0 Å². The van der Waals surface area contributed by atoms with Crippen LogP contribution in [-0.4, -0.2) is 23.7 Å². The average molecular weight is 321 g/mol. The van der Waals surface area contributed by atoms with Crippen LogP contribution < -0.4 is 11.1 Å². The molecule has 1 atom stereocenters. The smallest absolute Gasteiger partial charge is 0.320 e. The van der Waals surface area contributed by atoms with Crippen molar-refractivity contribution in [2.24, 2.45) is 0 Å². The van der Waals surface area contributed by atoms with E-state index >= 15 is 0 Å². The number of nitrogens with two attached hydrogens (primary N) is 1. The molecule has 4 N–H and O–H groups in total. The molecule has 22 heavy (non-hydrogen) atoms. The number of nitrogen functional groups attached to an aromatic ring is 1. The molecule has 1 aliphatic rings. The van der Waals surface area contributed by atoms with Crippen molar-refractivity contribution in [1.82, 2.24) is 5.32 Å². The van der Waals surface area contributed by atoms with E-state index in [9.17, 15) is 4.79 Å². The maximum atomic E-state index is 10.1. The molecule has 1 unspecified atom stereocenters. The third kappa shape index (κ3) is 5.06. The van der Waals surface area contributed by atoms with Crippen LogP contribution in [0.15, 0.2) is 54.6 Å². The van der Waals surface area contributed by atoms with E-state index in [-0.39, 0.29) is 18.4 Å². The summed E-state index contributed by atoms with van der Waals surface area (Å²) in [4.78, 5) is 10.1. The topological polar surface area (TPSA) is 75.4 Å². The number of hydrogen-bond donors (Lipinski definition) is 3. The Balaban J connectivity index is 0.000000234. The molecule has 1 aliphatic heterocycles. The molecule has 0 radical (unpaired) electrons. The van der Waals surface area contributed by atoms with E-state index in [4.69, 9.17) is 10.8 Å². The number of carbonyl (C=O) groups is 1. The highest BCUT2D eigenvalue weighted by atomic mass is 35.5. The highest BCUT2D eigenvalue weighted by Crippen LogP contribution is 2.24. The highest BCUT2D eigenvalue weighted by molar-refractivity contribution is 5.85. The Morgan fingerprint density at radius 2 is 1.73 bits per heavy atom. The maximum Gasteiger partial charge on any atom is 0.320 e. The zero-order valence-corrected chi connectivity index (χ0v) is 13.1. The fraction of sp³-hybridized carbons (Fsp3) is 0.235. The number of nitrogens with one attached hydrogen (secondary N) is 1. The van der Waals surface area contributed by atoms with Crippen molar-refractivity contribution in [3.63, 3.8) is 0 Å². The molecule has 0 spiro atoms. The quantitative estimate of drug-likeness (QED) is 0.743. The maximum absolute atomic E-state index is 10.1. The molecule has 3 rings (SSSR count). The molecule has 0 saturated carbocycles. The first-order chi connectivity index (χ1) is 10.2. The van der Waals surface area contributed by atoms with Crippen LogP contribution in [0.3, 0.4) is 0 Å². The number of halogens is 1. The number of para-hydroxylation sites is 1. The summed E-state index contributed by atoms with van der Waals surface area (Å²) in [5.74, 6) is -0.720. The lowest BCUT2D eigenvalue weighted by Gasteiger charge is -2.03. The number of benzene rings is 2. The number of carboxylic acids is 1. The Labute approximate surface area is 136 Å². The van der Waals surface area contributed by atoms with Gasteiger partial charge in [0.15, 0.2) is 0 Å². The predicted molar refractivity (Wildman–Crippen MR) is 92.2 cm³/mol. The minimum absolute atomic E-state index is 0. The van der Waals surface area contributed by atoms with E-state index in [0.717, 1.165) is 30.6 Å². The van der Waals surface area contributed by atoms with E-state index in [0.29, 0.717) is 0 Å². The molecule has 0 amide bonds. The van der Waals surface area contributed by atoms with Gasteiger partial charge in [-0.2, -0.15) is 0 Å². The van der Waals surface area contributed by atoms with Crippen LogP contribution in [0.4, 0.5) is 5.69 Å². The third-order valence-electron chi connectivity index (χ3n) is 3.40. The summed E-state index contributed by atoms with van der Waals surface area (Å²) >= 11 is 0. The average Bonchev–Trinajstić information content (AvgIpc) is 3.04. The molecule has 118 valence electrons. The first kappa shape index (κ1) is 18.0. The summed E-state index contributed by atoms with van der Waals surface area (Å²) in [5.41, 5.74) is 8.95. The van der Waals surface area contributed by atoms with Crippen LogP contribution in [0.2, 0.25) is 0 Å². The Bertz CT molecular complexity index is 584. The molecule has 2 aromatic rings. The van der Waals surface area contributed by atoms with E-state index in [1.54, 1.807) is 0 Å². The summed E-state index contributed by atoms with van der Waals surface area (Å²) in [6.45, 7) is 0.858. The Kier molecular flexibility index (Phi) is 7.43. The van der Waals surface area contributed by atoms with Crippen molar-refractivity contribution < 1.29 is 9.90 Å². The zero-order valence-electron chi connectivity index (χ0n) is 12.2. The van der Waals surface area contributed by atoms with Crippen LogP contribution in [0.25, 0.3) is 11.1 Å². The Morgan fingerprint density at radius 3 is 2.23 bits per heavy atom. The highest BCUT2D eigenvalue weighted by Gasteiger charge is 2.20. The number of carboxylic acid groups (broad SMARTS) is 1. The van der Waals surface area contributed by atoms with Gasteiger partial charge < -0.3 is 16.2 Å². The van der Waals surface area contributed by atoms with Crippen molar-refractivity contribution in [3.05, 3.63) is 54.6 Å². The molecule has 2 aromatic carbocycles. The van der Waals surface area contributed by atoms with Crippen molar-refractivity contribution in [2.75, 3.05) is 12.3 Å². The van der Waals surface area contributed by atoms with E-state index < -0.39 is 5.97 Å². The van der Waals surface area contributed by atoms with Crippen LogP contribution in [-0.2, 0) is 4.79 Å². The number of rotatable bonds is 2. The van der Waals surface area contributed by atoms with Gasteiger partial charge in [-0.1, -0.05) is 48.5 Å². The Hall–Kier alpha value is -2.04. The minimum Gasteiger partial charge on any atom is -0.480 e. The summed E-state index contributed by atoms with van der Waals surface area (Å²) in [6.07, 6.45) is 1.78. The second-order valence-corrected chi connectivity index (χ2v) is 4.94. The van der Waals surface area contributed by atoms with Gasteiger partial charge in [-0.25, -0.2) is 0 Å². The summed E-state index contributed by atoms with van der Waals surface area (Å²) < 4.78 is 0. The monoisotopic (exact) mass is 320 g/mol. The summed E-state index contributed by atoms with van der Waals surface area (Å²) in [7, 11) is 0. The first-order valence-corrected chi connectivity index (χ1v) is 7.04. The van der Waals surface area contributed by atoms with E-state index in [1.807, 2.05) is 42.5 Å². The fourth-order valence-corrected chi connectivity index (χ4v) is 2.27. The van der Waals surface area contributed by atoms with Gasteiger partial charge in [0.1, 0.15) is 6.04 Å². The molecule has 0 bridgehead atoms. The largest absolute Gasteiger partial charge is 0.480 e. The van der Waals surface area contributed by atoms with Crippen molar-refractivity contribution in [3.8, 4) is 11.1 Å². The molecule has 1 heterocycles. The lowest BCUT2D eigenvalue weighted by atomic mass is 10.0. The molecular weight excluding hydrogens is 300 g/mol. The van der Waals surface area contributed by atoms with Crippen LogP contribution in [0.5, 0.6) is 0 Å². The number of anilines is 1. The standard InChI is InChI=1S/C12H11N.C5H9NO2.ClH/c13-12-9-5-4-8-11(12)10-6-2-1-3-7-10;7-5(8)4-2-1-3-6-4;/h1-9H,13H2;4,6H,1-3H2,(H,7,8);1H. The predicted octanol–water partition coefficient (Wildman–Crippen LogP) is 3.18. The van der Waals surface area contributed by atoms with Gasteiger partial charge in [0, 0.05) is 11.3 Å². The molecule has 0 aliphatic carbocycles. The van der Waals surface area contributed by atoms with Gasteiger partial charge >= 0.3 is 5.97 Å².